The lowest BCUT2D eigenvalue weighted by Crippen LogP contribution is -2.31. The van der Waals surface area contributed by atoms with E-state index in [0.717, 1.165) is 7.11 Å². The average Bonchev–Trinajstić information content (AvgIpc) is 3.11. The number of esters is 1. The van der Waals surface area contributed by atoms with Crippen LogP contribution in [0.15, 0.2) is 12.1 Å². The number of imidazole rings is 1. The molecule has 0 saturated heterocycles. The molecule has 1 heterocycles. The molecule has 0 radical (unpaired) electrons. The summed E-state index contributed by atoms with van der Waals surface area (Å²) in [5.41, 5.74) is 6.06. The van der Waals surface area contributed by atoms with Gasteiger partial charge in [-0.2, -0.15) is 0 Å². The first-order valence-electron chi connectivity index (χ1n) is 9.30. The van der Waals surface area contributed by atoms with E-state index in [1.807, 2.05) is 0 Å². The Morgan fingerprint density at radius 1 is 1.34 bits per heavy atom. The molecule has 1 aliphatic carbocycles. The first-order valence-corrected chi connectivity index (χ1v) is 9.30. The zero-order valence-electron chi connectivity index (χ0n) is 15.7. The summed E-state index contributed by atoms with van der Waals surface area (Å²) in [6.07, 6.45) is -3.81. The third kappa shape index (κ3) is 4.52. The van der Waals surface area contributed by atoms with Crippen LogP contribution in [-0.2, 0) is 9.53 Å². The van der Waals surface area contributed by atoms with Crippen LogP contribution in [0.25, 0.3) is 11.0 Å². The summed E-state index contributed by atoms with van der Waals surface area (Å²) in [5, 5.41) is 0. The highest BCUT2D eigenvalue weighted by molar-refractivity contribution is 5.82. The second kappa shape index (κ2) is 8.25. The number of nitrogens with zero attached hydrogens (tertiary/aromatic N) is 1. The molecule has 160 valence electrons. The van der Waals surface area contributed by atoms with Gasteiger partial charge in [0.2, 0.25) is 12.3 Å². The zero-order chi connectivity index (χ0) is 21.3. The fourth-order valence-electron chi connectivity index (χ4n) is 3.82. The molecule has 1 aromatic heterocycles. The molecule has 0 aliphatic heterocycles. The van der Waals surface area contributed by atoms with Crippen molar-refractivity contribution < 1.29 is 31.5 Å². The van der Waals surface area contributed by atoms with Gasteiger partial charge in [-0.25, -0.2) is 26.9 Å². The van der Waals surface area contributed by atoms with Crippen molar-refractivity contribution in [1.29, 1.82) is 0 Å². The fourth-order valence-corrected chi connectivity index (χ4v) is 3.82. The van der Waals surface area contributed by atoms with Crippen molar-refractivity contribution in [3.63, 3.8) is 0 Å². The van der Waals surface area contributed by atoms with Crippen molar-refractivity contribution in [3.8, 4) is 0 Å². The number of alkyl halides is 4. The predicted octanol–water partition coefficient (Wildman–Crippen LogP) is 4.44. The Morgan fingerprint density at radius 2 is 2.00 bits per heavy atom. The van der Waals surface area contributed by atoms with Gasteiger partial charge in [0.05, 0.1) is 24.6 Å². The van der Waals surface area contributed by atoms with E-state index in [-0.39, 0.29) is 54.0 Å². The zero-order valence-corrected chi connectivity index (χ0v) is 15.7. The Hall–Kier alpha value is -2.23. The third-order valence-electron chi connectivity index (χ3n) is 5.50. The molecule has 3 N–H and O–H groups in total. The number of methoxy groups -OCH3 is 1. The number of carbonyl (C=O) groups excluding carboxylic acids is 1. The van der Waals surface area contributed by atoms with Crippen molar-refractivity contribution in [2.45, 2.75) is 56.4 Å². The maximum Gasteiger partial charge on any atom is 0.313 e. The minimum absolute atomic E-state index is 0.141. The highest BCUT2D eigenvalue weighted by Gasteiger charge is 2.38. The molecule has 1 unspecified atom stereocenters. The lowest BCUT2D eigenvalue weighted by atomic mass is 9.82. The van der Waals surface area contributed by atoms with Crippen LogP contribution in [-0.4, -0.2) is 35.4 Å². The molecule has 2 aromatic rings. The largest absolute Gasteiger partial charge is 0.469 e. The van der Waals surface area contributed by atoms with Gasteiger partial charge in [-0.3, -0.25) is 4.79 Å². The number of nitrogens with two attached hydrogens (primary N) is 1. The summed E-state index contributed by atoms with van der Waals surface area (Å²) in [7, 11) is 1.04. The van der Waals surface area contributed by atoms with E-state index < -0.39 is 42.5 Å². The molecule has 0 amide bonds. The average molecular weight is 419 g/mol. The summed E-state index contributed by atoms with van der Waals surface area (Å²) >= 11 is 0. The number of fused-ring (bicyclic) bond motifs is 1. The molecular weight excluding hydrogens is 397 g/mol. The summed E-state index contributed by atoms with van der Waals surface area (Å²) in [6, 6.07) is 1.96. The van der Waals surface area contributed by atoms with E-state index in [1.165, 1.54) is 12.1 Å². The lowest BCUT2D eigenvalue weighted by Gasteiger charge is -2.31. The Morgan fingerprint density at radius 3 is 2.59 bits per heavy atom. The van der Waals surface area contributed by atoms with Gasteiger partial charge in [-0.15, -0.1) is 0 Å². The van der Waals surface area contributed by atoms with Crippen LogP contribution in [0.5, 0.6) is 0 Å². The maximum absolute atomic E-state index is 15.0. The number of ether oxygens (including phenoxy) is 1. The van der Waals surface area contributed by atoms with Gasteiger partial charge in [-0.05, 0) is 24.8 Å². The van der Waals surface area contributed by atoms with Crippen LogP contribution >= 0.6 is 0 Å². The van der Waals surface area contributed by atoms with Crippen molar-refractivity contribution >= 4 is 17.0 Å². The van der Waals surface area contributed by atoms with Crippen LogP contribution < -0.4 is 5.73 Å². The normalized spacial score (nSPS) is 19.4. The third-order valence-corrected chi connectivity index (χ3v) is 5.50. The molecule has 1 aromatic carbocycles. The van der Waals surface area contributed by atoms with Gasteiger partial charge >= 0.3 is 5.97 Å². The minimum atomic E-state index is -2.83. The van der Waals surface area contributed by atoms with Gasteiger partial charge < -0.3 is 15.5 Å². The van der Waals surface area contributed by atoms with Crippen molar-refractivity contribution in [1.82, 2.24) is 9.97 Å². The van der Waals surface area contributed by atoms with Crippen molar-refractivity contribution in [2.24, 2.45) is 11.7 Å². The van der Waals surface area contributed by atoms with Gasteiger partial charge in [0, 0.05) is 24.8 Å². The fraction of sp³-hybridized carbons (Fsp3) is 0.579. The predicted molar refractivity (Wildman–Crippen MR) is 95.3 cm³/mol. The van der Waals surface area contributed by atoms with E-state index in [2.05, 4.69) is 14.7 Å². The van der Waals surface area contributed by atoms with Gasteiger partial charge in [0.15, 0.2) is 5.82 Å². The second-order valence-electron chi connectivity index (χ2n) is 7.41. The number of hydrogen-bond donors (Lipinski definition) is 2. The Bertz CT molecular complexity index is 876. The minimum Gasteiger partial charge on any atom is -0.469 e. The highest BCUT2D eigenvalue weighted by atomic mass is 19.3. The van der Waals surface area contributed by atoms with Crippen LogP contribution in [0.2, 0.25) is 0 Å². The quantitative estimate of drug-likeness (QED) is 0.536. The molecular formula is C19H22F5N3O2. The van der Waals surface area contributed by atoms with E-state index in [1.54, 1.807) is 0 Å². The lowest BCUT2D eigenvalue weighted by molar-refractivity contribution is -0.143. The van der Waals surface area contributed by atoms with Crippen LogP contribution in [0.1, 0.15) is 55.5 Å². The van der Waals surface area contributed by atoms with Crippen molar-refractivity contribution in [2.75, 3.05) is 7.11 Å². The number of H-pyrrole nitrogens is 1. The molecule has 1 saturated carbocycles. The second-order valence-corrected chi connectivity index (χ2v) is 7.41. The van der Waals surface area contributed by atoms with E-state index in [0.29, 0.717) is 0 Å². The van der Waals surface area contributed by atoms with E-state index in [4.69, 9.17) is 5.73 Å². The van der Waals surface area contributed by atoms with Crippen LogP contribution in [0, 0.1) is 11.7 Å². The smallest absolute Gasteiger partial charge is 0.313 e. The number of carbonyl (C=O) groups is 1. The maximum atomic E-state index is 15.0. The van der Waals surface area contributed by atoms with E-state index in [9.17, 15) is 22.4 Å². The first kappa shape index (κ1) is 21.5. The molecule has 3 rings (SSSR count). The first-order chi connectivity index (χ1) is 13.6. The van der Waals surface area contributed by atoms with Gasteiger partial charge in [-0.1, -0.05) is 6.07 Å². The topological polar surface area (TPSA) is 81.0 Å². The number of aromatic amines is 1. The molecule has 5 nitrogen and oxygen atoms in total. The molecule has 29 heavy (non-hydrogen) atoms. The van der Waals surface area contributed by atoms with Gasteiger partial charge in [0.25, 0.3) is 0 Å². The Balaban J connectivity index is 1.90. The highest BCUT2D eigenvalue weighted by Crippen LogP contribution is 2.40. The standard InChI is InChI=1S/C19H22F5N3O2/c1-29-18(28)11(8-13(20)21)10-2-3-12-16(14(10)22)27-17(26-12)15(25)9-4-6-19(23,24)7-5-9/h2-3,9,11,13,15H,4-8,25H2,1H3,(H,26,27)/t11?,15-/m0/s1. The Labute approximate surface area is 163 Å². The SMILES string of the molecule is COC(=O)C(CC(F)F)c1ccc2[nH]c([C@@H](N)C3CCC(F)(F)CC3)nc2c1F. The molecule has 0 spiro atoms. The van der Waals surface area contributed by atoms with Crippen LogP contribution in [0.3, 0.4) is 0 Å². The summed E-state index contributed by atoms with van der Waals surface area (Å²) in [4.78, 5) is 18.9. The summed E-state index contributed by atoms with van der Waals surface area (Å²) < 4.78 is 72.0. The Kier molecular flexibility index (Phi) is 6.11. The molecule has 1 aliphatic rings. The summed E-state index contributed by atoms with van der Waals surface area (Å²) in [6.45, 7) is 0. The number of benzene rings is 1. The van der Waals surface area contributed by atoms with Crippen molar-refractivity contribution in [3.05, 3.63) is 29.3 Å². The number of hydrogen-bond acceptors (Lipinski definition) is 4. The number of nitrogens with one attached hydrogen (secondary N) is 1. The van der Waals surface area contributed by atoms with Gasteiger partial charge in [0.1, 0.15) is 11.3 Å². The molecule has 10 heteroatoms. The molecule has 2 atom stereocenters. The van der Waals surface area contributed by atoms with Crippen LogP contribution in [0.4, 0.5) is 22.0 Å². The van der Waals surface area contributed by atoms with E-state index >= 15 is 4.39 Å². The molecule has 0 bridgehead atoms. The number of halogens is 5. The molecule has 1 fully saturated rings. The number of aromatic nitrogens is 2. The monoisotopic (exact) mass is 419 g/mol. The number of rotatable bonds is 6. The summed E-state index contributed by atoms with van der Waals surface area (Å²) in [5.74, 6) is -6.06.